The van der Waals surface area contributed by atoms with E-state index in [2.05, 4.69) is 24.1 Å². The van der Waals surface area contributed by atoms with Crippen LogP contribution in [0.3, 0.4) is 0 Å². The number of pyridine rings is 1. The minimum absolute atomic E-state index is 0.183. The largest absolute Gasteiger partial charge is 0.478 e. The molecule has 4 heteroatoms. The number of benzene rings is 1. The number of carboxylic acids is 1. The fraction of sp³-hybridized carbons (Fsp3) is 0.200. The summed E-state index contributed by atoms with van der Waals surface area (Å²) in [7, 11) is 0. The van der Waals surface area contributed by atoms with Crippen molar-refractivity contribution in [1.82, 2.24) is 4.98 Å². The molecular weight excluding hydrogens is 240 g/mol. The first-order valence-electron chi connectivity index (χ1n) is 6.02. The standard InChI is InChI=1S/C15H16N2O2/c1-15(2,12-6-4-3-5-7-12)17-13-9-8-11(10-16-13)14(18)19/h3-10H,1-2H3,(H,16,17)(H,18,19). The lowest BCUT2D eigenvalue weighted by Gasteiger charge is -2.27. The van der Waals surface area contributed by atoms with Gasteiger partial charge in [-0.15, -0.1) is 0 Å². The first kappa shape index (κ1) is 13.1. The molecule has 0 aliphatic heterocycles. The molecule has 0 atom stereocenters. The molecule has 0 bridgehead atoms. The summed E-state index contributed by atoms with van der Waals surface area (Å²) in [6.07, 6.45) is 1.35. The lowest BCUT2D eigenvalue weighted by molar-refractivity contribution is 0.0696. The molecule has 0 aliphatic carbocycles. The molecule has 1 aromatic heterocycles. The zero-order valence-electron chi connectivity index (χ0n) is 10.9. The van der Waals surface area contributed by atoms with Crippen LogP contribution in [0.25, 0.3) is 0 Å². The van der Waals surface area contributed by atoms with Crippen molar-refractivity contribution in [2.24, 2.45) is 0 Å². The normalized spacial score (nSPS) is 11.1. The third kappa shape index (κ3) is 3.10. The van der Waals surface area contributed by atoms with Gasteiger partial charge in [0, 0.05) is 6.20 Å². The van der Waals surface area contributed by atoms with E-state index in [0.717, 1.165) is 5.56 Å². The Morgan fingerprint density at radius 3 is 2.37 bits per heavy atom. The van der Waals surface area contributed by atoms with Gasteiger partial charge in [-0.05, 0) is 31.5 Å². The third-order valence-electron chi connectivity index (χ3n) is 2.95. The van der Waals surface area contributed by atoms with E-state index >= 15 is 0 Å². The monoisotopic (exact) mass is 256 g/mol. The van der Waals surface area contributed by atoms with Gasteiger partial charge in [0.1, 0.15) is 5.82 Å². The maximum atomic E-state index is 10.8. The fourth-order valence-electron chi connectivity index (χ4n) is 1.84. The summed E-state index contributed by atoms with van der Waals surface area (Å²) in [5.74, 6) is -0.319. The Balaban J connectivity index is 2.18. The fourth-order valence-corrected chi connectivity index (χ4v) is 1.84. The molecule has 0 fully saturated rings. The summed E-state index contributed by atoms with van der Waals surface area (Å²) in [5, 5.41) is 12.1. The number of aromatic carboxylic acids is 1. The molecule has 1 heterocycles. The van der Waals surface area contributed by atoms with Gasteiger partial charge in [0.15, 0.2) is 0 Å². The quantitative estimate of drug-likeness (QED) is 0.882. The highest BCUT2D eigenvalue weighted by molar-refractivity contribution is 5.87. The van der Waals surface area contributed by atoms with Crippen LogP contribution in [0.15, 0.2) is 48.7 Å². The van der Waals surface area contributed by atoms with Crippen molar-refractivity contribution in [2.75, 3.05) is 5.32 Å². The van der Waals surface area contributed by atoms with Crippen molar-refractivity contribution in [3.05, 3.63) is 59.8 Å². The van der Waals surface area contributed by atoms with Crippen molar-refractivity contribution in [3.63, 3.8) is 0 Å². The highest BCUT2D eigenvalue weighted by atomic mass is 16.4. The Hall–Kier alpha value is -2.36. The van der Waals surface area contributed by atoms with Crippen LogP contribution in [0.1, 0.15) is 29.8 Å². The Morgan fingerprint density at radius 1 is 1.16 bits per heavy atom. The molecule has 0 radical (unpaired) electrons. The van der Waals surface area contributed by atoms with E-state index in [9.17, 15) is 4.79 Å². The van der Waals surface area contributed by atoms with E-state index in [1.54, 1.807) is 12.1 Å². The van der Waals surface area contributed by atoms with Crippen LogP contribution in [-0.2, 0) is 5.54 Å². The Morgan fingerprint density at radius 2 is 1.84 bits per heavy atom. The maximum absolute atomic E-state index is 10.8. The second-order valence-corrected chi connectivity index (χ2v) is 4.85. The number of hydrogen-bond donors (Lipinski definition) is 2. The molecule has 98 valence electrons. The van der Waals surface area contributed by atoms with Gasteiger partial charge in [-0.3, -0.25) is 0 Å². The van der Waals surface area contributed by atoms with Gasteiger partial charge in [0.2, 0.25) is 0 Å². The second-order valence-electron chi connectivity index (χ2n) is 4.85. The van der Waals surface area contributed by atoms with Gasteiger partial charge in [0.05, 0.1) is 11.1 Å². The number of nitrogens with one attached hydrogen (secondary N) is 1. The van der Waals surface area contributed by atoms with Crippen molar-refractivity contribution < 1.29 is 9.90 Å². The Kier molecular flexibility index (Phi) is 3.51. The van der Waals surface area contributed by atoms with Crippen molar-refractivity contribution >= 4 is 11.8 Å². The number of rotatable bonds is 4. The molecule has 0 aliphatic rings. The molecule has 0 unspecified atom stereocenters. The maximum Gasteiger partial charge on any atom is 0.337 e. The van der Waals surface area contributed by atoms with Crippen molar-refractivity contribution in [3.8, 4) is 0 Å². The van der Waals surface area contributed by atoms with Gasteiger partial charge < -0.3 is 10.4 Å². The SMILES string of the molecule is CC(C)(Nc1ccc(C(=O)O)cn1)c1ccccc1. The second kappa shape index (κ2) is 5.10. The highest BCUT2D eigenvalue weighted by Crippen LogP contribution is 2.24. The van der Waals surface area contributed by atoms with E-state index in [-0.39, 0.29) is 11.1 Å². The first-order valence-corrected chi connectivity index (χ1v) is 6.02. The number of anilines is 1. The molecule has 2 N–H and O–H groups in total. The van der Waals surface area contributed by atoms with Crippen molar-refractivity contribution in [2.45, 2.75) is 19.4 Å². The lowest BCUT2D eigenvalue weighted by Crippen LogP contribution is -2.28. The molecule has 0 saturated heterocycles. The molecule has 0 amide bonds. The van der Waals surface area contributed by atoms with Crippen LogP contribution >= 0.6 is 0 Å². The molecule has 2 rings (SSSR count). The van der Waals surface area contributed by atoms with E-state index in [1.807, 2.05) is 30.3 Å². The van der Waals surface area contributed by atoms with Gasteiger partial charge in [-0.25, -0.2) is 9.78 Å². The average Bonchev–Trinajstić information content (AvgIpc) is 2.40. The van der Waals surface area contributed by atoms with E-state index in [1.165, 1.54) is 6.20 Å². The van der Waals surface area contributed by atoms with Crippen LogP contribution in [-0.4, -0.2) is 16.1 Å². The zero-order chi connectivity index (χ0) is 13.9. The lowest BCUT2D eigenvalue weighted by atomic mass is 9.94. The molecule has 0 spiro atoms. The van der Waals surface area contributed by atoms with Crippen LogP contribution in [0, 0.1) is 0 Å². The summed E-state index contributed by atoms with van der Waals surface area (Å²) >= 11 is 0. The molecular formula is C15H16N2O2. The summed E-state index contributed by atoms with van der Waals surface area (Å²) < 4.78 is 0. The third-order valence-corrected chi connectivity index (χ3v) is 2.95. The molecule has 19 heavy (non-hydrogen) atoms. The zero-order valence-corrected chi connectivity index (χ0v) is 10.9. The van der Waals surface area contributed by atoms with Crippen LogP contribution < -0.4 is 5.32 Å². The van der Waals surface area contributed by atoms with Gasteiger partial charge in [-0.2, -0.15) is 0 Å². The van der Waals surface area contributed by atoms with Crippen LogP contribution in [0.5, 0.6) is 0 Å². The topological polar surface area (TPSA) is 62.2 Å². The van der Waals surface area contributed by atoms with Crippen LogP contribution in [0.2, 0.25) is 0 Å². The molecule has 0 saturated carbocycles. The van der Waals surface area contributed by atoms with Crippen molar-refractivity contribution in [1.29, 1.82) is 0 Å². The smallest absolute Gasteiger partial charge is 0.337 e. The predicted octanol–water partition coefficient (Wildman–Crippen LogP) is 3.13. The Bertz CT molecular complexity index is 562. The summed E-state index contributed by atoms with van der Waals surface area (Å²) in [6, 6.07) is 13.2. The first-order chi connectivity index (χ1) is 8.99. The molecule has 4 nitrogen and oxygen atoms in total. The number of aromatic nitrogens is 1. The Labute approximate surface area is 112 Å². The number of hydrogen-bond acceptors (Lipinski definition) is 3. The van der Waals surface area contributed by atoms with Gasteiger partial charge in [-0.1, -0.05) is 30.3 Å². The van der Waals surface area contributed by atoms with E-state index in [0.29, 0.717) is 5.82 Å². The predicted molar refractivity (Wildman–Crippen MR) is 74.3 cm³/mol. The average molecular weight is 256 g/mol. The molecule has 1 aromatic carbocycles. The highest BCUT2D eigenvalue weighted by Gasteiger charge is 2.20. The summed E-state index contributed by atoms with van der Waals surface area (Å²) in [5.41, 5.74) is 1.04. The van der Waals surface area contributed by atoms with Gasteiger partial charge >= 0.3 is 5.97 Å². The van der Waals surface area contributed by atoms with Gasteiger partial charge in [0.25, 0.3) is 0 Å². The number of carboxylic acid groups (broad SMARTS) is 1. The van der Waals surface area contributed by atoms with E-state index < -0.39 is 5.97 Å². The number of nitrogens with zero attached hydrogens (tertiary/aromatic N) is 1. The minimum Gasteiger partial charge on any atom is -0.478 e. The minimum atomic E-state index is -0.971. The van der Waals surface area contributed by atoms with E-state index in [4.69, 9.17) is 5.11 Å². The summed E-state index contributed by atoms with van der Waals surface area (Å²) in [6.45, 7) is 4.10. The van der Waals surface area contributed by atoms with Crippen LogP contribution in [0.4, 0.5) is 5.82 Å². The molecule has 2 aromatic rings. The number of carbonyl (C=O) groups is 1. The summed E-state index contributed by atoms with van der Waals surface area (Å²) in [4.78, 5) is 14.9.